The minimum absolute atomic E-state index is 0.0820. The lowest BCUT2D eigenvalue weighted by atomic mass is 9.73. The van der Waals surface area contributed by atoms with Crippen molar-refractivity contribution in [2.45, 2.75) is 19.3 Å². The van der Waals surface area contributed by atoms with E-state index < -0.39 is 11.9 Å². The van der Waals surface area contributed by atoms with Crippen LogP contribution < -0.4 is 4.74 Å². The zero-order valence-electron chi connectivity index (χ0n) is 12.5. The van der Waals surface area contributed by atoms with Gasteiger partial charge in [0.2, 0.25) is 5.91 Å². The quantitative estimate of drug-likeness (QED) is 0.783. The topological polar surface area (TPSA) is 66.8 Å². The van der Waals surface area contributed by atoms with Gasteiger partial charge in [0.25, 0.3) is 0 Å². The largest absolute Gasteiger partial charge is 0.493 e. The maximum absolute atomic E-state index is 12.2. The highest BCUT2D eigenvalue weighted by Gasteiger charge is 2.42. The second-order valence-corrected chi connectivity index (χ2v) is 5.98. The van der Waals surface area contributed by atoms with Gasteiger partial charge in [-0.1, -0.05) is 17.7 Å². The molecule has 2 rings (SSSR count). The molecule has 5 nitrogen and oxygen atoms in total. The third kappa shape index (κ3) is 4.13. The Morgan fingerprint density at radius 2 is 2.09 bits per heavy atom. The number of carbonyl (C=O) groups is 2. The Kier molecular flexibility index (Phi) is 5.66. The molecule has 1 aliphatic rings. The molecular weight excluding hydrogens is 306 g/mol. The van der Waals surface area contributed by atoms with Gasteiger partial charge < -0.3 is 14.7 Å². The summed E-state index contributed by atoms with van der Waals surface area (Å²) in [4.78, 5) is 24.7. The molecule has 1 aromatic carbocycles. The number of aliphatic carboxylic acids is 1. The molecule has 1 aliphatic carbocycles. The first-order valence-electron chi connectivity index (χ1n) is 7.35. The summed E-state index contributed by atoms with van der Waals surface area (Å²) >= 11 is 5.87. The normalized spacial score (nSPS) is 20.1. The van der Waals surface area contributed by atoms with E-state index in [1.54, 1.807) is 24.1 Å². The Bertz CT molecular complexity index is 549. The van der Waals surface area contributed by atoms with Gasteiger partial charge in [-0.3, -0.25) is 9.59 Å². The molecule has 1 fully saturated rings. The average Bonchev–Trinajstić information content (AvgIpc) is 2.41. The predicted octanol–water partition coefficient (Wildman–Crippen LogP) is 2.68. The maximum atomic E-state index is 12.2. The second-order valence-electron chi connectivity index (χ2n) is 5.55. The number of nitrogens with zero attached hydrogens (tertiary/aromatic N) is 1. The number of ether oxygens (including phenoxy) is 1. The highest BCUT2D eigenvalue weighted by atomic mass is 35.5. The first kappa shape index (κ1) is 16.6. The lowest BCUT2D eigenvalue weighted by molar-refractivity contribution is -0.156. The molecule has 1 aromatic rings. The second kappa shape index (κ2) is 7.49. The Balaban J connectivity index is 1.70. The van der Waals surface area contributed by atoms with Gasteiger partial charge in [-0.2, -0.15) is 0 Å². The van der Waals surface area contributed by atoms with E-state index in [9.17, 15) is 9.59 Å². The number of halogens is 1. The third-order valence-corrected chi connectivity index (χ3v) is 4.22. The number of carboxylic acid groups (broad SMARTS) is 1. The maximum Gasteiger partial charge on any atom is 0.307 e. The number of benzene rings is 1. The van der Waals surface area contributed by atoms with E-state index in [1.807, 2.05) is 12.1 Å². The van der Waals surface area contributed by atoms with Crippen LogP contribution in [0.4, 0.5) is 0 Å². The standard InChI is InChI=1S/C16H20ClNO4/c1-18(15(19)13-6-7-14(13)16(20)21)8-3-9-22-12-5-2-4-11(17)10-12/h2,4-5,10,13-14H,3,6-9H2,1H3,(H,20,21). The van der Waals surface area contributed by atoms with Gasteiger partial charge in [-0.25, -0.2) is 0 Å². The number of carbonyl (C=O) groups excluding carboxylic acids is 1. The van der Waals surface area contributed by atoms with Crippen molar-refractivity contribution in [3.8, 4) is 5.75 Å². The molecule has 0 bridgehead atoms. The first-order chi connectivity index (χ1) is 10.5. The van der Waals surface area contributed by atoms with E-state index in [1.165, 1.54) is 0 Å². The molecule has 0 spiro atoms. The summed E-state index contributed by atoms with van der Waals surface area (Å²) in [5.41, 5.74) is 0. The van der Waals surface area contributed by atoms with Gasteiger partial charge in [0.1, 0.15) is 5.75 Å². The van der Waals surface area contributed by atoms with Gasteiger partial charge in [0.15, 0.2) is 0 Å². The fourth-order valence-corrected chi connectivity index (χ4v) is 2.71. The monoisotopic (exact) mass is 325 g/mol. The molecule has 120 valence electrons. The molecule has 0 radical (unpaired) electrons. The van der Waals surface area contributed by atoms with Crippen molar-refractivity contribution >= 4 is 23.5 Å². The number of carboxylic acids is 1. The van der Waals surface area contributed by atoms with E-state index in [0.29, 0.717) is 43.2 Å². The van der Waals surface area contributed by atoms with Crippen LogP contribution in [0.15, 0.2) is 24.3 Å². The minimum atomic E-state index is -0.873. The number of hydrogen-bond donors (Lipinski definition) is 1. The molecule has 2 unspecified atom stereocenters. The van der Waals surface area contributed by atoms with Gasteiger partial charge in [-0.05, 0) is 37.5 Å². The van der Waals surface area contributed by atoms with Crippen molar-refractivity contribution in [2.24, 2.45) is 11.8 Å². The number of hydrogen-bond acceptors (Lipinski definition) is 3. The molecule has 6 heteroatoms. The smallest absolute Gasteiger partial charge is 0.307 e. The van der Waals surface area contributed by atoms with Crippen LogP contribution in [-0.4, -0.2) is 42.1 Å². The van der Waals surface area contributed by atoms with E-state index in [4.69, 9.17) is 21.4 Å². The zero-order valence-corrected chi connectivity index (χ0v) is 13.3. The number of rotatable bonds is 7. The van der Waals surface area contributed by atoms with Crippen molar-refractivity contribution < 1.29 is 19.4 Å². The van der Waals surface area contributed by atoms with Crippen LogP contribution in [0, 0.1) is 11.8 Å². The summed E-state index contributed by atoms with van der Waals surface area (Å²) in [6.07, 6.45) is 1.94. The van der Waals surface area contributed by atoms with Crippen LogP contribution >= 0.6 is 11.6 Å². The fourth-order valence-electron chi connectivity index (χ4n) is 2.53. The first-order valence-corrected chi connectivity index (χ1v) is 7.73. The van der Waals surface area contributed by atoms with Gasteiger partial charge in [-0.15, -0.1) is 0 Å². The summed E-state index contributed by atoms with van der Waals surface area (Å²) in [7, 11) is 1.71. The average molecular weight is 326 g/mol. The van der Waals surface area contributed by atoms with E-state index in [-0.39, 0.29) is 11.8 Å². The Morgan fingerprint density at radius 1 is 1.36 bits per heavy atom. The fraction of sp³-hybridized carbons (Fsp3) is 0.500. The molecular formula is C16H20ClNO4. The van der Waals surface area contributed by atoms with E-state index in [2.05, 4.69) is 0 Å². The van der Waals surface area contributed by atoms with Crippen LogP contribution in [0.2, 0.25) is 5.02 Å². The van der Waals surface area contributed by atoms with Crippen molar-refractivity contribution in [3.63, 3.8) is 0 Å². The van der Waals surface area contributed by atoms with Crippen LogP contribution in [0.25, 0.3) is 0 Å². The van der Waals surface area contributed by atoms with Gasteiger partial charge in [0, 0.05) is 18.6 Å². The molecule has 0 heterocycles. The number of amides is 1. The van der Waals surface area contributed by atoms with Crippen molar-refractivity contribution in [1.82, 2.24) is 4.90 Å². The molecule has 1 saturated carbocycles. The summed E-state index contributed by atoms with van der Waals surface area (Å²) in [5, 5.41) is 9.62. The van der Waals surface area contributed by atoms with Crippen molar-refractivity contribution in [2.75, 3.05) is 20.2 Å². The van der Waals surface area contributed by atoms with Crippen LogP contribution in [-0.2, 0) is 9.59 Å². The molecule has 0 saturated heterocycles. The Morgan fingerprint density at radius 3 is 2.68 bits per heavy atom. The summed E-state index contributed by atoms with van der Waals surface area (Å²) in [6.45, 7) is 1.02. The molecule has 2 atom stereocenters. The third-order valence-electron chi connectivity index (χ3n) is 3.99. The molecule has 0 aliphatic heterocycles. The van der Waals surface area contributed by atoms with Crippen LogP contribution in [0.5, 0.6) is 5.75 Å². The molecule has 22 heavy (non-hydrogen) atoms. The SMILES string of the molecule is CN(CCCOc1cccc(Cl)c1)C(=O)C1CCC1C(=O)O. The van der Waals surface area contributed by atoms with Crippen LogP contribution in [0.3, 0.4) is 0 Å². The Labute approximate surface area is 134 Å². The summed E-state index contributed by atoms with van der Waals surface area (Å²) < 4.78 is 5.56. The van der Waals surface area contributed by atoms with Crippen LogP contribution in [0.1, 0.15) is 19.3 Å². The lowest BCUT2D eigenvalue weighted by Gasteiger charge is -2.35. The highest BCUT2D eigenvalue weighted by Crippen LogP contribution is 2.35. The molecule has 1 amide bonds. The predicted molar refractivity (Wildman–Crippen MR) is 83.1 cm³/mol. The van der Waals surface area contributed by atoms with E-state index >= 15 is 0 Å². The molecule has 1 N–H and O–H groups in total. The zero-order chi connectivity index (χ0) is 16.1. The lowest BCUT2D eigenvalue weighted by Crippen LogP contribution is -2.45. The highest BCUT2D eigenvalue weighted by molar-refractivity contribution is 6.30. The Hall–Kier alpha value is -1.75. The van der Waals surface area contributed by atoms with E-state index in [0.717, 1.165) is 0 Å². The minimum Gasteiger partial charge on any atom is -0.493 e. The molecule has 0 aromatic heterocycles. The van der Waals surface area contributed by atoms with Gasteiger partial charge >= 0.3 is 5.97 Å². The van der Waals surface area contributed by atoms with Gasteiger partial charge in [0.05, 0.1) is 18.4 Å². The van der Waals surface area contributed by atoms with Crippen molar-refractivity contribution in [3.05, 3.63) is 29.3 Å². The summed E-state index contributed by atoms with van der Waals surface area (Å²) in [6, 6.07) is 7.16. The van der Waals surface area contributed by atoms with Crippen molar-refractivity contribution in [1.29, 1.82) is 0 Å². The summed E-state index contributed by atoms with van der Waals surface area (Å²) in [5.74, 6) is -1.14.